The monoisotopic (exact) mass is 411 g/mol. The number of carbonyl (C=O) groups excluding carboxylic acids is 1. The Morgan fingerprint density at radius 1 is 1.24 bits per heavy atom. The normalized spacial score (nSPS) is 13.0. The molecule has 0 radical (unpaired) electrons. The highest BCUT2D eigenvalue weighted by Gasteiger charge is 2.17. The van der Waals surface area contributed by atoms with Crippen LogP contribution in [0, 0.1) is 3.57 Å². The lowest BCUT2D eigenvalue weighted by Gasteiger charge is -2.17. The van der Waals surface area contributed by atoms with E-state index in [0.29, 0.717) is 16.3 Å². The number of benzene rings is 2. The second kappa shape index (κ2) is 6.07. The molecule has 0 fully saturated rings. The first-order chi connectivity index (χ1) is 10.1. The molecule has 0 saturated heterocycles. The number of rotatable bonds is 2. The van der Waals surface area contributed by atoms with Gasteiger partial charge in [-0.3, -0.25) is 4.79 Å². The van der Waals surface area contributed by atoms with E-state index in [0.717, 1.165) is 14.9 Å². The minimum Gasteiger partial charge on any atom is -0.488 e. The summed E-state index contributed by atoms with van der Waals surface area (Å²) in [4.78, 5) is 12.3. The van der Waals surface area contributed by atoms with Gasteiger partial charge in [0.25, 0.3) is 5.91 Å². The van der Waals surface area contributed by atoms with Crippen LogP contribution in [-0.2, 0) is 4.79 Å². The summed E-state index contributed by atoms with van der Waals surface area (Å²) < 4.78 is 6.60. The summed E-state index contributed by atoms with van der Waals surface area (Å²) in [5.74, 6) is 0.592. The van der Waals surface area contributed by atoms with Gasteiger partial charge in [0.1, 0.15) is 12.4 Å². The third-order valence-corrected chi connectivity index (χ3v) is 4.09. The fraction of sp³-hybridized carbons (Fsp3) is 0.0625. The van der Waals surface area contributed by atoms with Crippen LogP contribution in [-0.4, -0.2) is 12.5 Å². The van der Waals surface area contributed by atoms with Crippen LogP contribution in [0.1, 0.15) is 5.56 Å². The summed E-state index contributed by atoms with van der Waals surface area (Å²) in [6, 6.07) is 13.1. The van der Waals surface area contributed by atoms with Gasteiger partial charge in [0, 0.05) is 9.13 Å². The van der Waals surface area contributed by atoms with E-state index in [9.17, 15) is 4.79 Å². The Morgan fingerprint density at radius 2 is 2.05 bits per heavy atom. The highest BCUT2D eigenvalue weighted by Crippen LogP contribution is 2.28. The van der Waals surface area contributed by atoms with E-state index in [1.807, 2.05) is 36.4 Å². The van der Waals surface area contributed by atoms with Crippen molar-refractivity contribution in [3.8, 4) is 5.75 Å². The first-order valence-corrected chi connectivity index (χ1v) is 7.78. The largest absolute Gasteiger partial charge is 0.488 e. The molecule has 0 unspecified atom stereocenters. The molecule has 1 N–H and O–H groups in total. The maximum absolute atomic E-state index is 12.3. The standard InChI is InChI=1S/C16H11ClINO2/c17-13-8-12(18)5-6-14(13)19-16(20)11-7-10-3-1-2-4-15(10)21-9-11/h1-8H,9H2,(H,19,20). The predicted octanol–water partition coefficient (Wildman–Crippen LogP) is 4.36. The quantitative estimate of drug-likeness (QED) is 0.746. The van der Waals surface area contributed by atoms with Gasteiger partial charge in [-0.25, -0.2) is 0 Å². The van der Waals surface area contributed by atoms with E-state index in [-0.39, 0.29) is 12.5 Å². The zero-order valence-electron chi connectivity index (χ0n) is 10.9. The number of nitrogens with one attached hydrogen (secondary N) is 1. The van der Waals surface area contributed by atoms with Gasteiger partial charge in [-0.2, -0.15) is 0 Å². The highest BCUT2D eigenvalue weighted by atomic mass is 127. The molecule has 0 aliphatic carbocycles. The van der Waals surface area contributed by atoms with Crippen molar-refractivity contribution in [1.82, 2.24) is 0 Å². The van der Waals surface area contributed by atoms with Gasteiger partial charge < -0.3 is 10.1 Å². The SMILES string of the molecule is O=C(Nc1ccc(I)cc1Cl)C1=Cc2ccccc2OC1. The van der Waals surface area contributed by atoms with Crippen molar-refractivity contribution in [2.75, 3.05) is 11.9 Å². The fourth-order valence-electron chi connectivity index (χ4n) is 2.04. The van der Waals surface area contributed by atoms with Crippen LogP contribution in [0.4, 0.5) is 5.69 Å². The van der Waals surface area contributed by atoms with Gasteiger partial charge in [-0.05, 0) is 52.9 Å². The van der Waals surface area contributed by atoms with Gasteiger partial charge >= 0.3 is 0 Å². The van der Waals surface area contributed by atoms with Crippen molar-refractivity contribution in [1.29, 1.82) is 0 Å². The average Bonchev–Trinajstić information content (AvgIpc) is 2.49. The Balaban J connectivity index is 1.82. The van der Waals surface area contributed by atoms with Crippen LogP contribution >= 0.6 is 34.2 Å². The number of hydrogen-bond acceptors (Lipinski definition) is 2. The Morgan fingerprint density at radius 3 is 2.86 bits per heavy atom. The zero-order chi connectivity index (χ0) is 14.8. The summed E-state index contributed by atoms with van der Waals surface area (Å²) in [5.41, 5.74) is 2.08. The molecule has 3 rings (SSSR count). The van der Waals surface area contributed by atoms with E-state index in [1.165, 1.54) is 0 Å². The molecular weight excluding hydrogens is 401 g/mol. The summed E-state index contributed by atoms with van der Waals surface area (Å²) in [6.45, 7) is 0.255. The van der Waals surface area contributed by atoms with Crippen molar-refractivity contribution in [3.05, 3.63) is 62.2 Å². The van der Waals surface area contributed by atoms with E-state index in [1.54, 1.807) is 12.1 Å². The van der Waals surface area contributed by atoms with E-state index >= 15 is 0 Å². The van der Waals surface area contributed by atoms with Crippen LogP contribution in [0.25, 0.3) is 6.08 Å². The van der Waals surface area contributed by atoms with Crippen molar-refractivity contribution in [2.24, 2.45) is 0 Å². The van der Waals surface area contributed by atoms with Crippen LogP contribution in [0.15, 0.2) is 48.0 Å². The number of carbonyl (C=O) groups is 1. The van der Waals surface area contributed by atoms with Crippen LogP contribution in [0.3, 0.4) is 0 Å². The number of anilines is 1. The van der Waals surface area contributed by atoms with Crippen molar-refractivity contribution in [3.63, 3.8) is 0 Å². The zero-order valence-corrected chi connectivity index (χ0v) is 13.8. The molecular formula is C16H11ClINO2. The average molecular weight is 412 g/mol. The van der Waals surface area contributed by atoms with Crippen molar-refractivity contribution in [2.45, 2.75) is 0 Å². The first kappa shape index (κ1) is 14.4. The molecule has 106 valence electrons. The molecule has 1 aliphatic rings. The predicted molar refractivity (Wildman–Crippen MR) is 92.7 cm³/mol. The topological polar surface area (TPSA) is 38.3 Å². The van der Waals surface area contributed by atoms with E-state index in [2.05, 4.69) is 27.9 Å². The molecule has 0 aromatic heterocycles. The Kier molecular flexibility index (Phi) is 4.17. The van der Waals surface area contributed by atoms with Crippen LogP contribution < -0.4 is 10.1 Å². The highest BCUT2D eigenvalue weighted by molar-refractivity contribution is 14.1. The minimum absolute atomic E-state index is 0.201. The van der Waals surface area contributed by atoms with Gasteiger partial charge in [0.05, 0.1) is 16.3 Å². The summed E-state index contributed by atoms with van der Waals surface area (Å²) >= 11 is 8.29. The third kappa shape index (κ3) is 3.22. The second-order valence-electron chi connectivity index (χ2n) is 4.57. The smallest absolute Gasteiger partial charge is 0.255 e. The molecule has 1 aliphatic heterocycles. The molecule has 0 spiro atoms. The number of fused-ring (bicyclic) bond motifs is 1. The Hall–Kier alpha value is -1.53. The van der Waals surface area contributed by atoms with Gasteiger partial charge in [-0.15, -0.1) is 0 Å². The maximum atomic E-state index is 12.3. The van der Waals surface area contributed by atoms with Crippen LogP contribution in [0.5, 0.6) is 5.75 Å². The molecule has 1 amide bonds. The Bertz CT molecular complexity index is 743. The van der Waals surface area contributed by atoms with E-state index < -0.39 is 0 Å². The molecule has 2 aromatic rings. The summed E-state index contributed by atoms with van der Waals surface area (Å²) in [6.07, 6.45) is 1.84. The first-order valence-electron chi connectivity index (χ1n) is 6.32. The maximum Gasteiger partial charge on any atom is 0.255 e. The van der Waals surface area contributed by atoms with Gasteiger partial charge in [0.2, 0.25) is 0 Å². The molecule has 1 heterocycles. The Labute approximate surface area is 141 Å². The summed E-state index contributed by atoms with van der Waals surface area (Å²) in [7, 11) is 0. The lowest BCUT2D eigenvalue weighted by atomic mass is 10.1. The van der Waals surface area contributed by atoms with Crippen molar-refractivity contribution < 1.29 is 9.53 Å². The van der Waals surface area contributed by atoms with Gasteiger partial charge in [-0.1, -0.05) is 29.8 Å². The molecule has 5 heteroatoms. The third-order valence-electron chi connectivity index (χ3n) is 3.10. The summed E-state index contributed by atoms with van der Waals surface area (Å²) in [5, 5.41) is 3.34. The lowest BCUT2D eigenvalue weighted by Crippen LogP contribution is -2.21. The van der Waals surface area contributed by atoms with Crippen molar-refractivity contribution >= 4 is 51.9 Å². The molecule has 3 nitrogen and oxygen atoms in total. The number of ether oxygens (including phenoxy) is 1. The van der Waals surface area contributed by atoms with E-state index in [4.69, 9.17) is 16.3 Å². The molecule has 2 aromatic carbocycles. The van der Waals surface area contributed by atoms with Gasteiger partial charge in [0.15, 0.2) is 0 Å². The molecule has 0 bridgehead atoms. The minimum atomic E-state index is -0.201. The molecule has 0 saturated carbocycles. The number of halogens is 2. The molecule has 21 heavy (non-hydrogen) atoms. The number of amides is 1. The van der Waals surface area contributed by atoms with Crippen LogP contribution in [0.2, 0.25) is 5.02 Å². The number of hydrogen-bond donors (Lipinski definition) is 1. The lowest BCUT2D eigenvalue weighted by molar-refractivity contribution is -0.113. The second-order valence-corrected chi connectivity index (χ2v) is 6.23. The fourth-order valence-corrected chi connectivity index (χ4v) is 2.94. The number of para-hydroxylation sites is 1. The molecule has 0 atom stereocenters.